The van der Waals surface area contributed by atoms with Crippen molar-refractivity contribution in [1.29, 1.82) is 0 Å². The maximum atomic E-state index is 3.80. The highest BCUT2D eigenvalue weighted by molar-refractivity contribution is 4.90. The summed E-state index contributed by atoms with van der Waals surface area (Å²) in [6.07, 6.45) is 8.41. The van der Waals surface area contributed by atoms with Gasteiger partial charge in [0.15, 0.2) is 0 Å². The minimum Gasteiger partial charge on any atom is -0.313 e. The highest BCUT2D eigenvalue weighted by Gasteiger charge is 2.33. The van der Waals surface area contributed by atoms with Gasteiger partial charge in [-0.25, -0.2) is 0 Å². The summed E-state index contributed by atoms with van der Waals surface area (Å²) in [5.74, 6) is 1.05. The van der Waals surface area contributed by atoms with Gasteiger partial charge in [-0.2, -0.15) is 0 Å². The van der Waals surface area contributed by atoms with E-state index >= 15 is 0 Å². The van der Waals surface area contributed by atoms with Crippen molar-refractivity contribution in [2.24, 2.45) is 11.3 Å². The normalized spacial score (nSPS) is 25.4. The van der Waals surface area contributed by atoms with E-state index in [0.29, 0.717) is 5.41 Å². The Morgan fingerprint density at radius 1 is 0.905 bits per heavy atom. The first kappa shape index (κ1) is 15.8. The maximum absolute atomic E-state index is 3.80. The van der Waals surface area contributed by atoms with E-state index in [9.17, 15) is 0 Å². The second kappa shape index (κ2) is 6.97. The van der Waals surface area contributed by atoms with E-state index in [2.05, 4.69) is 29.0 Å². The van der Waals surface area contributed by atoms with Crippen molar-refractivity contribution in [2.75, 3.05) is 45.8 Å². The van der Waals surface area contributed by atoms with Crippen molar-refractivity contribution in [3.63, 3.8) is 0 Å². The number of piperazine rings is 1. The van der Waals surface area contributed by atoms with Gasteiger partial charge in [-0.15, -0.1) is 0 Å². The fraction of sp³-hybridized carbons (Fsp3) is 1.00. The average molecular weight is 293 g/mol. The molecule has 2 aliphatic carbocycles. The predicted molar refractivity (Wildman–Crippen MR) is 89.6 cm³/mol. The fourth-order valence-corrected chi connectivity index (χ4v) is 3.70. The van der Waals surface area contributed by atoms with Crippen LogP contribution < -0.4 is 5.32 Å². The Hall–Kier alpha value is -0.120. The molecule has 1 N–H and O–H groups in total. The van der Waals surface area contributed by atoms with Crippen LogP contribution in [0.5, 0.6) is 0 Å². The number of nitrogens with zero attached hydrogens (tertiary/aromatic N) is 2. The molecule has 0 unspecified atom stereocenters. The van der Waals surface area contributed by atoms with Crippen LogP contribution in [0.4, 0.5) is 0 Å². The molecule has 3 nitrogen and oxygen atoms in total. The van der Waals surface area contributed by atoms with E-state index < -0.39 is 0 Å². The molecule has 0 spiro atoms. The van der Waals surface area contributed by atoms with Gasteiger partial charge in [0.2, 0.25) is 0 Å². The molecule has 0 atom stereocenters. The lowest BCUT2D eigenvalue weighted by Crippen LogP contribution is -2.52. The van der Waals surface area contributed by atoms with Gasteiger partial charge in [0.1, 0.15) is 0 Å². The lowest BCUT2D eigenvalue weighted by atomic mass is 9.81. The van der Waals surface area contributed by atoms with Crippen molar-refractivity contribution < 1.29 is 0 Å². The third-order valence-electron chi connectivity index (χ3n) is 6.08. The van der Waals surface area contributed by atoms with Crippen molar-refractivity contribution >= 4 is 0 Å². The van der Waals surface area contributed by atoms with E-state index in [0.717, 1.165) is 12.0 Å². The highest BCUT2D eigenvalue weighted by Crippen LogP contribution is 2.31. The molecule has 1 heterocycles. The summed E-state index contributed by atoms with van der Waals surface area (Å²) in [7, 11) is 0. The van der Waals surface area contributed by atoms with Crippen molar-refractivity contribution in [3.8, 4) is 0 Å². The minimum atomic E-state index is 0.501. The summed E-state index contributed by atoms with van der Waals surface area (Å²) < 4.78 is 0. The molecule has 2 saturated carbocycles. The van der Waals surface area contributed by atoms with E-state index in [-0.39, 0.29) is 0 Å². The third kappa shape index (κ3) is 4.67. The molecule has 3 fully saturated rings. The lowest BCUT2D eigenvalue weighted by molar-refractivity contribution is 0.0762. The summed E-state index contributed by atoms with van der Waals surface area (Å²) >= 11 is 0. The molecule has 122 valence electrons. The van der Waals surface area contributed by atoms with E-state index in [1.807, 2.05) is 0 Å². The van der Waals surface area contributed by atoms with E-state index in [4.69, 9.17) is 0 Å². The molecule has 0 aromatic rings. The van der Waals surface area contributed by atoms with Gasteiger partial charge in [-0.05, 0) is 49.9 Å². The van der Waals surface area contributed by atoms with Gasteiger partial charge in [0, 0.05) is 51.9 Å². The Balaban J connectivity index is 1.43. The third-order valence-corrected chi connectivity index (χ3v) is 6.08. The zero-order valence-electron chi connectivity index (χ0n) is 14.2. The van der Waals surface area contributed by atoms with Crippen LogP contribution in [-0.4, -0.2) is 61.7 Å². The Morgan fingerprint density at radius 3 is 2.05 bits per heavy atom. The molecule has 3 heteroatoms. The Bertz CT molecular complexity index is 310. The van der Waals surface area contributed by atoms with Gasteiger partial charge >= 0.3 is 0 Å². The van der Waals surface area contributed by atoms with Crippen LogP contribution in [0, 0.1) is 11.3 Å². The number of rotatable bonds is 9. The minimum absolute atomic E-state index is 0.501. The predicted octanol–water partition coefficient (Wildman–Crippen LogP) is 2.57. The number of hydrogen-bond acceptors (Lipinski definition) is 3. The van der Waals surface area contributed by atoms with E-state index in [1.54, 1.807) is 0 Å². The second-order valence-corrected chi connectivity index (χ2v) is 7.88. The highest BCUT2D eigenvalue weighted by atomic mass is 15.3. The SMILES string of the molecule is CCC(CC)(CNC1CC1)CN1CCN(CC2CC2)CC1. The Labute approximate surface area is 131 Å². The number of nitrogens with one attached hydrogen (secondary N) is 1. The first-order valence-electron chi connectivity index (χ1n) is 9.41. The Kier molecular flexibility index (Phi) is 5.23. The fourth-order valence-electron chi connectivity index (χ4n) is 3.70. The van der Waals surface area contributed by atoms with Gasteiger partial charge in [-0.1, -0.05) is 13.8 Å². The average Bonchev–Trinajstić information content (AvgIpc) is 3.40. The molecule has 0 bridgehead atoms. The summed E-state index contributed by atoms with van der Waals surface area (Å²) in [6, 6.07) is 0.845. The van der Waals surface area contributed by atoms with Crippen molar-refractivity contribution in [3.05, 3.63) is 0 Å². The van der Waals surface area contributed by atoms with Crippen LogP contribution in [0.15, 0.2) is 0 Å². The summed E-state index contributed by atoms with van der Waals surface area (Å²) in [4.78, 5) is 5.45. The molecule has 3 rings (SSSR count). The molecule has 1 aliphatic heterocycles. The summed E-state index contributed by atoms with van der Waals surface area (Å²) in [5, 5.41) is 3.80. The van der Waals surface area contributed by atoms with Crippen LogP contribution >= 0.6 is 0 Å². The van der Waals surface area contributed by atoms with Crippen molar-refractivity contribution in [1.82, 2.24) is 15.1 Å². The van der Waals surface area contributed by atoms with Gasteiger partial charge < -0.3 is 15.1 Å². The molecule has 3 aliphatic rings. The molecule has 1 saturated heterocycles. The molecular weight excluding hydrogens is 258 g/mol. The Morgan fingerprint density at radius 2 is 1.52 bits per heavy atom. The zero-order chi connectivity index (χ0) is 14.7. The molecule has 0 radical (unpaired) electrons. The molecule has 21 heavy (non-hydrogen) atoms. The zero-order valence-corrected chi connectivity index (χ0v) is 14.2. The monoisotopic (exact) mass is 293 g/mol. The smallest absolute Gasteiger partial charge is 0.0110 e. The largest absolute Gasteiger partial charge is 0.313 e. The van der Waals surface area contributed by atoms with E-state index in [1.165, 1.54) is 84.3 Å². The van der Waals surface area contributed by atoms with Gasteiger partial charge in [0.05, 0.1) is 0 Å². The topological polar surface area (TPSA) is 18.5 Å². The summed E-state index contributed by atoms with van der Waals surface area (Å²) in [6.45, 7) is 13.9. The van der Waals surface area contributed by atoms with Crippen LogP contribution in [0.1, 0.15) is 52.4 Å². The molecule has 0 amide bonds. The second-order valence-electron chi connectivity index (χ2n) is 7.88. The lowest BCUT2D eigenvalue weighted by Gasteiger charge is -2.41. The van der Waals surface area contributed by atoms with Gasteiger partial charge in [0.25, 0.3) is 0 Å². The quantitative estimate of drug-likeness (QED) is 0.705. The molecule has 0 aromatic carbocycles. The molecule has 0 aromatic heterocycles. The van der Waals surface area contributed by atoms with Crippen LogP contribution in [0.3, 0.4) is 0 Å². The standard InChI is InChI=1S/C18H35N3/c1-3-18(4-2,14-19-17-7-8-17)15-21-11-9-20(10-12-21)13-16-5-6-16/h16-17,19H,3-15H2,1-2H3. The van der Waals surface area contributed by atoms with Crippen LogP contribution in [-0.2, 0) is 0 Å². The van der Waals surface area contributed by atoms with Crippen molar-refractivity contribution in [2.45, 2.75) is 58.4 Å². The molecular formula is C18H35N3. The summed E-state index contributed by atoms with van der Waals surface area (Å²) in [5.41, 5.74) is 0.501. The first-order valence-corrected chi connectivity index (χ1v) is 9.41. The maximum Gasteiger partial charge on any atom is 0.0110 e. The van der Waals surface area contributed by atoms with Gasteiger partial charge in [-0.3, -0.25) is 0 Å². The van der Waals surface area contributed by atoms with Crippen LogP contribution in [0.2, 0.25) is 0 Å². The first-order chi connectivity index (χ1) is 10.2. The number of hydrogen-bond donors (Lipinski definition) is 1. The van der Waals surface area contributed by atoms with Crippen LogP contribution in [0.25, 0.3) is 0 Å².